The summed E-state index contributed by atoms with van der Waals surface area (Å²) in [5.41, 5.74) is 0.949. The van der Waals surface area contributed by atoms with Crippen LogP contribution in [0, 0.1) is 22.7 Å². The number of ketones is 2. The van der Waals surface area contributed by atoms with Crippen molar-refractivity contribution < 1.29 is 24.5 Å². The van der Waals surface area contributed by atoms with Crippen LogP contribution in [0.3, 0.4) is 0 Å². The number of phenols is 1. The fraction of sp³-hybridized carbons (Fsp3) is 0.600. The van der Waals surface area contributed by atoms with Crippen molar-refractivity contribution in [3.05, 3.63) is 34.9 Å². The maximum absolute atomic E-state index is 12.6. The van der Waals surface area contributed by atoms with Crippen LogP contribution >= 0.6 is 0 Å². The molecule has 30 heavy (non-hydrogen) atoms. The van der Waals surface area contributed by atoms with Gasteiger partial charge in [-0.3, -0.25) is 9.59 Å². The molecule has 1 aliphatic heterocycles. The predicted molar refractivity (Wildman–Crippen MR) is 112 cm³/mol. The Hall–Kier alpha value is -2.14. The monoisotopic (exact) mass is 410 g/mol. The van der Waals surface area contributed by atoms with Crippen LogP contribution in [0.1, 0.15) is 68.4 Å². The lowest BCUT2D eigenvalue weighted by Gasteiger charge is -2.61. The summed E-state index contributed by atoms with van der Waals surface area (Å²) in [7, 11) is 0. The Bertz CT molecular complexity index is 1010. The van der Waals surface area contributed by atoms with Gasteiger partial charge < -0.3 is 14.9 Å². The van der Waals surface area contributed by atoms with E-state index in [2.05, 4.69) is 33.8 Å². The first-order valence-electron chi connectivity index (χ1n) is 11.0. The summed E-state index contributed by atoms with van der Waals surface area (Å²) in [5.74, 6) is 0.890. The van der Waals surface area contributed by atoms with Gasteiger partial charge in [0, 0.05) is 30.2 Å². The molecule has 1 aromatic rings. The van der Waals surface area contributed by atoms with Crippen LogP contribution in [0.5, 0.6) is 11.5 Å². The van der Waals surface area contributed by atoms with E-state index in [1.165, 1.54) is 0 Å². The molecule has 0 saturated heterocycles. The number of allylic oxidation sites excluding steroid dienone is 2. The molecule has 0 unspecified atom stereocenters. The summed E-state index contributed by atoms with van der Waals surface area (Å²) >= 11 is 0. The van der Waals surface area contributed by atoms with E-state index in [0.29, 0.717) is 24.2 Å². The molecule has 0 spiro atoms. The molecule has 0 aromatic heterocycles. The van der Waals surface area contributed by atoms with E-state index >= 15 is 0 Å². The van der Waals surface area contributed by atoms with Crippen LogP contribution in [0.25, 0.3) is 0 Å². The van der Waals surface area contributed by atoms with E-state index < -0.39 is 17.1 Å². The highest BCUT2D eigenvalue weighted by molar-refractivity contribution is 6.02. The van der Waals surface area contributed by atoms with Crippen LogP contribution in [-0.2, 0) is 17.6 Å². The van der Waals surface area contributed by atoms with Gasteiger partial charge in [0.15, 0.2) is 11.6 Å². The summed E-state index contributed by atoms with van der Waals surface area (Å²) in [5, 5.41) is 20.8. The largest absolute Gasteiger partial charge is 0.507 e. The summed E-state index contributed by atoms with van der Waals surface area (Å²) in [6, 6.07) is 1.59. The summed E-state index contributed by atoms with van der Waals surface area (Å²) < 4.78 is 6.58. The molecule has 3 aliphatic carbocycles. The molecule has 1 fully saturated rings. The van der Waals surface area contributed by atoms with E-state index in [1.807, 2.05) is 0 Å². The molecular weight excluding hydrogens is 380 g/mol. The number of ether oxygens (including phenoxy) is 1. The number of aliphatic hydroxyl groups is 1. The molecule has 5 atom stereocenters. The number of aromatic hydroxyl groups is 1. The minimum absolute atomic E-state index is 0.0418. The molecule has 0 amide bonds. The maximum atomic E-state index is 12.6. The number of hydrogen-bond donors (Lipinski definition) is 2. The third kappa shape index (κ3) is 2.44. The normalized spacial score (nSPS) is 38.8. The Morgan fingerprint density at radius 1 is 1.03 bits per heavy atom. The molecule has 5 nitrogen and oxygen atoms in total. The lowest BCUT2D eigenvalue weighted by atomic mass is 9.46. The van der Waals surface area contributed by atoms with Gasteiger partial charge in [-0.2, -0.15) is 0 Å². The van der Waals surface area contributed by atoms with Gasteiger partial charge >= 0.3 is 0 Å². The van der Waals surface area contributed by atoms with Crippen LogP contribution in [-0.4, -0.2) is 33.5 Å². The quantitative estimate of drug-likeness (QED) is 0.680. The number of carbonyl (C=O) groups excluding carboxylic acids is 2. The molecule has 0 radical (unpaired) electrons. The second-order valence-electron chi connectivity index (χ2n) is 10.8. The molecule has 2 N–H and O–H groups in total. The molecule has 1 aromatic carbocycles. The topological polar surface area (TPSA) is 83.8 Å². The van der Waals surface area contributed by atoms with Crippen molar-refractivity contribution in [1.29, 1.82) is 0 Å². The van der Waals surface area contributed by atoms with Crippen molar-refractivity contribution in [3.8, 4) is 11.5 Å². The van der Waals surface area contributed by atoms with E-state index in [1.54, 1.807) is 12.1 Å². The second-order valence-corrected chi connectivity index (χ2v) is 10.8. The summed E-state index contributed by atoms with van der Waals surface area (Å²) in [6.45, 7) is 8.48. The zero-order valence-corrected chi connectivity index (χ0v) is 18.1. The molecule has 4 aliphatic rings. The number of fused-ring (bicyclic) bond motifs is 6. The van der Waals surface area contributed by atoms with Gasteiger partial charge in [0.1, 0.15) is 17.1 Å². The third-order valence-electron chi connectivity index (χ3n) is 8.65. The van der Waals surface area contributed by atoms with Gasteiger partial charge in [-0.15, -0.1) is 0 Å². The number of aliphatic hydroxyl groups excluding tert-OH is 1. The SMILES string of the molecule is CC1(C)C(=O)C=C[C@@]2(C)[C@H]1CC[C@]1(C)Oc3cc(O)c4c(c3C[C@@H]21)C[C@@H](O)CC4=O. The van der Waals surface area contributed by atoms with Crippen LogP contribution in [0.15, 0.2) is 18.2 Å². The smallest absolute Gasteiger partial charge is 0.169 e. The van der Waals surface area contributed by atoms with Gasteiger partial charge in [-0.25, -0.2) is 0 Å². The Balaban J connectivity index is 1.66. The number of carbonyl (C=O) groups is 2. The molecular formula is C25H30O5. The summed E-state index contributed by atoms with van der Waals surface area (Å²) in [4.78, 5) is 25.2. The van der Waals surface area contributed by atoms with Gasteiger partial charge in [0.05, 0.1) is 11.7 Å². The van der Waals surface area contributed by atoms with Crippen molar-refractivity contribution in [2.24, 2.45) is 22.7 Å². The van der Waals surface area contributed by atoms with E-state index in [9.17, 15) is 19.8 Å². The number of rotatable bonds is 0. The average Bonchev–Trinajstić information content (AvgIpc) is 2.63. The van der Waals surface area contributed by atoms with Gasteiger partial charge in [-0.05, 0) is 54.7 Å². The fourth-order valence-electron chi connectivity index (χ4n) is 7.06. The molecule has 160 valence electrons. The standard InChI is InChI=1S/C25H30O5/c1-23(2)19-5-8-25(4)20(24(19,3)7-6-21(23)29)11-14-15-9-13(26)10-16(27)22(15)17(28)12-18(14)30-25/h6-7,12-13,19-20,26,28H,5,8-11H2,1-4H3/t13-,19+,20+,24+,25+/m1/s1. The molecule has 5 rings (SSSR count). The van der Waals surface area contributed by atoms with Gasteiger partial charge in [0.25, 0.3) is 0 Å². The van der Waals surface area contributed by atoms with Gasteiger partial charge in [0.2, 0.25) is 0 Å². The highest BCUT2D eigenvalue weighted by Crippen LogP contribution is 2.62. The van der Waals surface area contributed by atoms with E-state index in [0.717, 1.165) is 24.0 Å². The first-order chi connectivity index (χ1) is 14.0. The number of benzene rings is 1. The first kappa shape index (κ1) is 19.8. The lowest BCUT2D eigenvalue weighted by molar-refractivity contribution is -0.148. The van der Waals surface area contributed by atoms with Crippen LogP contribution in [0.4, 0.5) is 0 Å². The lowest BCUT2D eigenvalue weighted by Crippen LogP contribution is -2.61. The fourth-order valence-corrected chi connectivity index (χ4v) is 7.06. The molecule has 1 heterocycles. The van der Waals surface area contributed by atoms with Crippen molar-refractivity contribution in [1.82, 2.24) is 0 Å². The van der Waals surface area contributed by atoms with E-state index in [-0.39, 0.29) is 41.0 Å². The predicted octanol–water partition coefficient (Wildman–Crippen LogP) is 3.77. The van der Waals surface area contributed by atoms with Crippen LogP contribution < -0.4 is 4.74 Å². The Kier molecular flexibility index (Phi) is 3.94. The summed E-state index contributed by atoms with van der Waals surface area (Å²) in [6.07, 6.45) is 5.94. The van der Waals surface area contributed by atoms with Gasteiger partial charge in [-0.1, -0.05) is 26.8 Å². The average molecular weight is 411 g/mol. The Morgan fingerprint density at radius 2 is 1.77 bits per heavy atom. The maximum Gasteiger partial charge on any atom is 0.169 e. The van der Waals surface area contributed by atoms with Crippen molar-refractivity contribution >= 4 is 11.6 Å². The van der Waals surface area contributed by atoms with Crippen LogP contribution in [0.2, 0.25) is 0 Å². The first-order valence-corrected chi connectivity index (χ1v) is 11.0. The van der Waals surface area contributed by atoms with Crippen molar-refractivity contribution in [2.45, 2.75) is 71.5 Å². The highest BCUT2D eigenvalue weighted by atomic mass is 16.5. The Morgan fingerprint density at radius 3 is 2.50 bits per heavy atom. The zero-order chi connectivity index (χ0) is 21.6. The zero-order valence-electron chi connectivity index (χ0n) is 18.1. The van der Waals surface area contributed by atoms with Crippen molar-refractivity contribution in [2.75, 3.05) is 0 Å². The second kappa shape index (κ2) is 5.97. The minimum atomic E-state index is -0.731. The van der Waals surface area contributed by atoms with Crippen molar-refractivity contribution in [3.63, 3.8) is 0 Å². The number of Topliss-reactive ketones (excluding diaryl/α,β-unsaturated/α-hetero) is 1. The third-order valence-corrected chi connectivity index (χ3v) is 8.65. The molecule has 0 bridgehead atoms. The Labute approximate surface area is 177 Å². The molecule has 5 heteroatoms. The highest BCUT2D eigenvalue weighted by Gasteiger charge is 2.61. The molecule has 1 saturated carbocycles. The van der Waals surface area contributed by atoms with E-state index in [4.69, 9.17) is 4.74 Å². The number of phenolic OH excluding ortho intramolecular Hbond substituents is 1. The minimum Gasteiger partial charge on any atom is -0.507 e. The number of hydrogen-bond acceptors (Lipinski definition) is 5.